The van der Waals surface area contributed by atoms with Gasteiger partial charge in [0.2, 0.25) is 0 Å². The Morgan fingerprint density at radius 3 is 3.00 bits per heavy atom. The third kappa shape index (κ3) is 2.80. The highest BCUT2D eigenvalue weighted by Gasteiger charge is 2.20. The molecule has 2 aromatic rings. The first-order valence-electron chi connectivity index (χ1n) is 5.85. The van der Waals surface area contributed by atoms with Crippen LogP contribution >= 0.6 is 45.5 Å². The second kappa shape index (κ2) is 5.42. The minimum atomic E-state index is 0.110. The molecule has 19 heavy (non-hydrogen) atoms. The van der Waals surface area contributed by atoms with Gasteiger partial charge in [-0.2, -0.15) is 0 Å². The van der Waals surface area contributed by atoms with Crippen LogP contribution in [0.5, 0.6) is 5.75 Å². The lowest BCUT2D eigenvalue weighted by Crippen LogP contribution is -2.03. The number of fused-ring (bicyclic) bond motifs is 1. The van der Waals surface area contributed by atoms with Crippen molar-refractivity contribution in [3.8, 4) is 5.75 Å². The molecule has 2 nitrogen and oxygen atoms in total. The molecule has 0 amide bonds. The van der Waals surface area contributed by atoms with E-state index in [-0.39, 0.29) is 5.78 Å². The molecule has 0 fully saturated rings. The zero-order chi connectivity index (χ0) is 13.4. The van der Waals surface area contributed by atoms with Gasteiger partial charge in [-0.25, -0.2) is 0 Å². The highest BCUT2D eigenvalue weighted by molar-refractivity contribution is 14.1. The molecule has 1 aliphatic rings. The van der Waals surface area contributed by atoms with Crippen LogP contribution in [0.15, 0.2) is 23.6 Å². The summed E-state index contributed by atoms with van der Waals surface area (Å²) in [4.78, 5) is 12.2. The first-order valence-corrected chi connectivity index (χ1v) is 8.18. The highest BCUT2D eigenvalue weighted by Crippen LogP contribution is 2.33. The minimum absolute atomic E-state index is 0.110. The second-order valence-corrected chi connectivity index (χ2v) is 7.63. The van der Waals surface area contributed by atoms with Gasteiger partial charge < -0.3 is 4.74 Å². The molecular formula is C14H10ClIO2S. The fourth-order valence-electron chi connectivity index (χ4n) is 2.21. The molecule has 0 aliphatic carbocycles. The van der Waals surface area contributed by atoms with E-state index in [9.17, 15) is 4.79 Å². The van der Waals surface area contributed by atoms with Gasteiger partial charge in [-0.3, -0.25) is 4.79 Å². The summed E-state index contributed by atoms with van der Waals surface area (Å²) in [6, 6.07) is 5.67. The van der Waals surface area contributed by atoms with Crippen LogP contribution in [0.3, 0.4) is 0 Å². The number of hydrogen-bond donors (Lipinski definition) is 0. The summed E-state index contributed by atoms with van der Waals surface area (Å²) in [5, 5.41) is 2.57. The van der Waals surface area contributed by atoms with Crippen LogP contribution in [-0.2, 0) is 12.8 Å². The van der Waals surface area contributed by atoms with E-state index in [2.05, 4.69) is 22.6 Å². The van der Waals surface area contributed by atoms with Gasteiger partial charge in [0.25, 0.3) is 0 Å². The molecule has 0 atom stereocenters. The largest absolute Gasteiger partial charge is 0.493 e. The van der Waals surface area contributed by atoms with Crippen molar-refractivity contribution in [2.45, 2.75) is 12.8 Å². The lowest BCUT2D eigenvalue weighted by atomic mass is 10.0. The van der Waals surface area contributed by atoms with Crippen LogP contribution in [-0.4, -0.2) is 12.4 Å². The Labute approximate surface area is 133 Å². The second-order valence-electron chi connectivity index (χ2n) is 4.39. The monoisotopic (exact) mass is 404 g/mol. The van der Waals surface area contributed by atoms with E-state index in [0.717, 1.165) is 31.7 Å². The average molecular weight is 405 g/mol. The SMILES string of the molecule is O=C(Cc1cc(Cl)cc2c1OCC2)c1csc(I)c1. The zero-order valence-electron chi connectivity index (χ0n) is 9.91. The molecule has 1 aliphatic heterocycles. The van der Waals surface area contributed by atoms with Crippen LogP contribution in [0, 0.1) is 2.88 Å². The van der Waals surface area contributed by atoms with Crippen molar-refractivity contribution in [1.82, 2.24) is 0 Å². The summed E-state index contributed by atoms with van der Waals surface area (Å²) in [6.07, 6.45) is 1.21. The van der Waals surface area contributed by atoms with Crippen LogP contribution in [0.25, 0.3) is 0 Å². The maximum atomic E-state index is 12.2. The maximum Gasteiger partial charge on any atom is 0.168 e. The fraction of sp³-hybridized carbons (Fsp3) is 0.214. The minimum Gasteiger partial charge on any atom is -0.493 e. The Hall–Kier alpha value is -0.590. The van der Waals surface area contributed by atoms with Gasteiger partial charge in [0.15, 0.2) is 5.78 Å². The number of hydrogen-bond acceptors (Lipinski definition) is 3. The van der Waals surface area contributed by atoms with Crippen LogP contribution < -0.4 is 4.74 Å². The summed E-state index contributed by atoms with van der Waals surface area (Å²) in [6.45, 7) is 0.674. The number of halogens is 2. The molecule has 1 aromatic carbocycles. The van der Waals surface area contributed by atoms with Crippen molar-refractivity contribution < 1.29 is 9.53 Å². The van der Waals surface area contributed by atoms with Crippen molar-refractivity contribution >= 4 is 51.3 Å². The summed E-state index contributed by atoms with van der Waals surface area (Å²) in [5.74, 6) is 0.960. The average Bonchev–Trinajstić information content (AvgIpc) is 2.97. The molecule has 2 heterocycles. The molecule has 0 unspecified atom stereocenters. The van der Waals surface area contributed by atoms with Crippen LogP contribution in [0.1, 0.15) is 21.5 Å². The van der Waals surface area contributed by atoms with Gasteiger partial charge in [0.1, 0.15) is 5.75 Å². The quantitative estimate of drug-likeness (QED) is 0.561. The molecule has 0 N–H and O–H groups in total. The van der Waals surface area contributed by atoms with E-state index >= 15 is 0 Å². The normalized spacial score (nSPS) is 13.2. The first-order chi connectivity index (χ1) is 9.13. The standard InChI is InChI=1S/C14H10ClIO2S/c15-11-3-8-1-2-18-14(8)9(4-11)5-12(17)10-6-13(16)19-7-10/h3-4,6-7H,1-2,5H2. The van der Waals surface area contributed by atoms with E-state index in [1.54, 1.807) is 11.3 Å². The number of ketones is 1. The van der Waals surface area contributed by atoms with Crippen molar-refractivity contribution in [2.24, 2.45) is 0 Å². The molecule has 0 spiro atoms. The van der Waals surface area contributed by atoms with Crippen molar-refractivity contribution in [2.75, 3.05) is 6.61 Å². The zero-order valence-corrected chi connectivity index (χ0v) is 13.6. The number of rotatable bonds is 3. The van der Waals surface area contributed by atoms with Gasteiger partial charge >= 0.3 is 0 Å². The molecule has 3 rings (SSSR count). The van der Waals surface area contributed by atoms with Gasteiger partial charge in [0, 0.05) is 34.4 Å². The summed E-state index contributed by atoms with van der Waals surface area (Å²) in [5.41, 5.74) is 2.77. The van der Waals surface area contributed by atoms with Crippen LogP contribution in [0.2, 0.25) is 5.02 Å². The van der Waals surface area contributed by atoms with E-state index < -0.39 is 0 Å². The fourth-order valence-corrected chi connectivity index (χ4v) is 3.82. The van der Waals surface area contributed by atoms with Gasteiger partial charge in [-0.1, -0.05) is 11.6 Å². The van der Waals surface area contributed by atoms with Crippen LogP contribution in [0.4, 0.5) is 0 Å². The molecular weight excluding hydrogens is 395 g/mol. The lowest BCUT2D eigenvalue weighted by molar-refractivity contribution is 0.0992. The number of carbonyl (C=O) groups is 1. The Bertz CT molecular complexity index is 651. The summed E-state index contributed by atoms with van der Waals surface area (Å²) >= 11 is 9.90. The molecule has 5 heteroatoms. The smallest absolute Gasteiger partial charge is 0.168 e. The summed E-state index contributed by atoms with van der Waals surface area (Å²) < 4.78 is 6.74. The number of carbonyl (C=O) groups excluding carboxylic acids is 1. The van der Waals surface area contributed by atoms with E-state index in [4.69, 9.17) is 16.3 Å². The molecule has 0 bridgehead atoms. The Morgan fingerprint density at radius 1 is 1.42 bits per heavy atom. The Kier molecular flexibility index (Phi) is 3.82. The summed E-state index contributed by atoms with van der Waals surface area (Å²) in [7, 11) is 0. The first kappa shape index (κ1) is 13.4. The number of Topliss-reactive ketones (excluding diaryl/α,β-unsaturated/α-hetero) is 1. The number of benzene rings is 1. The van der Waals surface area contributed by atoms with Gasteiger partial charge in [0.05, 0.1) is 9.49 Å². The van der Waals surface area contributed by atoms with E-state index in [0.29, 0.717) is 18.1 Å². The highest BCUT2D eigenvalue weighted by atomic mass is 127. The number of thiophene rings is 1. The van der Waals surface area contributed by atoms with Gasteiger partial charge in [-0.05, 0) is 46.4 Å². The predicted molar refractivity (Wildman–Crippen MR) is 85.7 cm³/mol. The third-order valence-electron chi connectivity index (χ3n) is 3.07. The Balaban J connectivity index is 1.90. The Morgan fingerprint density at radius 2 is 2.26 bits per heavy atom. The maximum absolute atomic E-state index is 12.2. The topological polar surface area (TPSA) is 26.3 Å². The molecule has 1 aromatic heterocycles. The van der Waals surface area contributed by atoms with Crippen molar-refractivity contribution in [1.29, 1.82) is 0 Å². The molecule has 0 saturated heterocycles. The van der Waals surface area contributed by atoms with Gasteiger partial charge in [-0.15, -0.1) is 11.3 Å². The van der Waals surface area contributed by atoms with Crippen molar-refractivity contribution in [3.63, 3.8) is 0 Å². The molecule has 0 saturated carbocycles. The lowest BCUT2D eigenvalue weighted by Gasteiger charge is -2.08. The third-order valence-corrected chi connectivity index (χ3v) is 5.07. The van der Waals surface area contributed by atoms with E-state index in [1.165, 1.54) is 0 Å². The number of ether oxygens (including phenoxy) is 1. The predicted octanol–water partition coefficient (Wildman–Crippen LogP) is 4.37. The molecule has 0 radical (unpaired) electrons. The van der Waals surface area contributed by atoms with E-state index in [1.807, 2.05) is 23.6 Å². The molecule has 98 valence electrons. The van der Waals surface area contributed by atoms with Crippen molar-refractivity contribution in [3.05, 3.63) is 48.2 Å².